The van der Waals surface area contributed by atoms with Crippen LogP contribution in [0.3, 0.4) is 0 Å². The summed E-state index contributed by atoms with van der Waals surface area (Å²) in [6.07, 6.45) is 14.6. The monoisotopic (exact) mass is 985 g/mol. The summed E-state index contributed by atoms with van der Waals surface area (Å²) >= 11 is 0. The van der Waals surface area contributed by atoms with Crippen LogP contribution in [0.5, 0.6) is 0 Å². The molecule has 0 aromatic heterocycles. The number of ether oxygens (including phenoxy) is 2. The zero-order valence-electron chi connectivity index (χ0n) is 42.3. The van der Waals surface area contributed by atoms with Gasteiger partial charge in [0.2, 0.25) is 0 Å². The molecule has 0 heterocycles. The molecule has 0 radical (unpaired) electrons. The van der Waals surface area contributed by atoms with Crippen LogP contribution >= 0.6 is 12.4 Å². The van der Waals surface area contributed by atoms with Gasteiger partial charge in [-0.25, -0.2) is 14.4 Å². The molecule has 12 heteroatoms. The van der Waals surface area contributed by atoms with E-state index in [1.807, 2.05) is 66.7 Å². The Bertz CT molecular complexity index is 1970. The topological polar surface area (TPSA) is 157 Å². The molecular weight excluding hydrogens is 904 g/mol. The van der Waals surface area contributed by atoms with Crippen molar-refractivity contribution in [2.75, 3.05) is 52.5 Å². The molecular formula is C58H81ClN2O9. The number of carbonyl (C=O) groups is 3. The lowest BCUT2D eigenvalue weighted by atomic mass is 9.73. The van der Waals surface area contributed by atoms with Gasteiger partial charge in [0.25, 0.3) is 0 Å². The Kier molecular flexibility index (Phi) is 26.9. The van der Waals surface area contributed by atoms with E-state index in [2.05, 4.69) is 61.2 Å². The summed E-state index contributed by atoms with van der Waals surface area (Å²) in [5.41, 5.74) is -3.15. The van der Waals surface area contributed by atoms with Crippen LogP contribution in [0, 0.1) is 41.4 Å². The number of hydrogen-bond donors (Lipinski definition) is 4. The Balaban J connectivity index is 0.000000282. The van der Waals surface area contributed by atoms with E-state index >= 15 is 0 Å². The third-order valence-corrected chi connectivity index (χ3v) is 14.4. The van der Waals surface area contributed by atoms with E-state index in [0.717, 1.165) is 122 Å². The molecule has 0 bridgehead atoms. The predicted octanol–water partition coefficient (Wildman–Crippen LogP) is 9.65. The van der Waals surface area contributed by atoms with Gasteiger partial charge in [-0.15, -0.1) is 12.4 Å². The molecule has 70 heavy (non-hydrogen) atoms. The van der Waals surface area contributed by atoms with Crippen LogP contribution in [0.4, 0.5) is 0 Å². The molecule has 3 saturated carbocycles. The lowest BCUT2D eigenvalue weighted by Gasteiger charge is -2.36. The smallest absolute Gasteiger partial charge is 0.344 e. The Hall–Kier alpha value is -4.72. The number of nitrogens with zero attached hydrogens (tertiary/aromatic N) is 2. The van der Waals surface area contributed by atoms with Crippen molar-refractivity contribution in [1.29, 1.82) is 0 Å². The minimum Gasteiger partial charge on any atom is -0.479 e. The number of carboxylic acid groups (broad SMARTS) is 1. The first-order valence-electron chi connectivity index (χ1n) is 25.7. The van der Waals surface area contributed by atoms with Crippen molar-refractivity contribution in [3.63, 3.8) is 0 Å². The Morgan fingerprint density at radius 3 is 1.01 bits per heavy atom. The van der Waals surface area contributed by atoms with Gasteiger partial charge in [0.05, 0.1) is 13.1 Å². The minimum atomic E-state index is -1.72. The summed E-state index contributed by atoms with van der Waals surface area (Å²) in [6.45, 7) is 13.5. The zero-order chi connectivity index (χ0) is 50.0. The highest BCUT2D eigenvalue weighted by atomic mass is 35.5. The first-order chi connectivity index (χ1) is 33.4. The number of rotatable bonds is 17. The van der Waals surface area contributed by atoms with Gasteiger partial charge in [0, 0.05) is 17.8 Å². The molecule has 4 N–H and O–H groups in total. The van der Waals surface area contributed by atoms with E-state index in [0.29, 0.717) is 29.8 Å². The van der Waals surface area contributed by atoms with Gasteiger partial charge in [-0.05, 0) is 81.4 Å². The van der Waals surface area contributed by atoms with E-state index in [4.69, 9.17) is 9.47 Å². The molecule has 11 nitrogen and oxygen atoms in total. The van der Waals surface area contributed by atoms with Crippen molar-refractivity contribution >= 4 is 30.3 Å². The van der Waals surface area contributed by atoms with Crippen molar-refractivity contribution in [2.45, 2.75) is 141 Å². The van der Waals surface area contributed by atoms with Gasteiger partial charge in [-0.3, -0.25) is 9.80 Å². The molecule has 3 unspecified atom stereocenters. The van der Waals surface area contributed by atoms with Crippen molar-refractivity contribution in [3.8, 4) is 23.7 Å². The van der Waals surface area contributed by atoms with E-state index in [1.54, 1.807) is 24.3 Å². The molecule has 0 saturated heterocycles. The second-order valence-electron chi connectivity index (χ2n) is 18.5. The van der Waals surface area contributed by atoms with Crippen LogP contribution < -0.4 is 0 Å². The fourth-order valence-electron chi connectivity index (χ4n) is 9.97. The first kappa shape index (κ1) is 59.6. The van der Waals surface area contributed by atoms with Crippen molar-refractivity contribution in [1.82, 2.24) is 9.80 Å². The molecule has 384 valence electrons. The average Bonchev–Trinajstić information content (AvgIpc) is 3.41. The number of hydrogen-bond acceptors (Lipinski definition) is 10. The summed E-state index contributed by atoms with van der Waals surface area (Å²) < 4.78 is 10.8. The highest BCUT2D eigenvalue weighted by molar-refractivity contribution is 5.85. The van der Waals surface area contributed by atoms with Crippen LogP contribution in [-0.4, -0.2) is 101 Å². The van der Waals surface area contributed by atoms with Crippen LogP contribution in [0.2, 0.25) is 0 Å². The molecule has 3 atom stereocenters. The Labute approximate surface area is 425 Å². The second kappa shape index (κ2) is 31.6. The fraction of sp³-hybridized carbons (Fsp3) is 0.569. The number of esters is 2. The lowest BCUT2D eigenvalue weighted by molar-refractivity contribution is -0.174. The SMILES string of the molecule is CCN(CC)CC#CCOC(=O)C(O)(c1ccccc1)C1CCCCC1.CCN(CC)CC#CCOC(=O)C(O)(c1ccccc1)C1CCCCC1.Cl.O=C(O)C(O)(c1ccccc1)C1CCCCC1. The van der Waals surface area contributed by atoms with Gasteiger partial charge in [-0.2, -0.15) is 0 Å². The number of benzene rings is 3. The number of halogens is 1. The van der Waals surface area contributed by atoms with E-state index in [1.165, 1.54) is 0 Å². The van der Waals surface area contributed by atoms with E-state index in [-0.39, 0.29) is 43.4 Å². The third kappa shape index (κ3) is 16.7. The van der Waals surface area contributed by atoms with Crippen molar-refractivity contribution < 1.29 is 44.3 Å². The van der Waals surface area contributed by atoms with Gasteiger partial charge < -0.3 is 29.9 Å². The molecule has 3 aromatic rings. The zero-order valence-corrected chi connectivity index (χ0v) is 43.1. The molecule has 0 aliphatic heterocycles. The average molecular weight is 986 g/mol. The number of carbonyl (C=O) groups excluding carboxylic acids is 2. The molecule has 0 amide bonds. The summed E-state index contributed by atoms with van der Waals surface area (Å²) in [7, 11) is 0. The standard InChI is InChI=1S/2C22H31NO3.C14H18O3.ClH/c2*1-3-23(4-2)17-11-12-18-26-21(24)22(25,19-13-7-5-8-14-19)20-15-9-6-10-16-20;15-13(16)14(17,11-7-3-1-4-8-11)12-9-5-2-6-10-12;/h2*5,7-8,13-14,20,25H,3-4,6,9-10,15-18H2,1-2H3;1,3-4,7-8,12,17H,2,5-6,9-10H2,(H,15,16);1H. The highest BCUT2D eigenvalue weighted by Gasteiger charge is 2.49. The van der Waals surface area contributed by atoms with Crippen LogP contribution in [0.25, 0.3) is 0 Å². The van der Waals surface area contributed by atoms with Crippen LogP contribution in [-0.2, 0) is 40.7 Å². The van der Waals surface area contributed by atoms with Crippen LogP contribution in [0.1, 0.15) is 141 Å². The number of aliphatic carboxylic acids is 1. The van der Waals surface area contributed by atoms with Crippen molar-refractivity contribution in [2.24, 2.45) is 17.8 Å². The summed E-state index contributed by atoms with van der Waals surface area (Å²) in [4.78, 5) is 41.5. The third-order valence-electron chi connectivity index (χ3n) is 14.4. The molecule has 3 aliphatic rings. The predicted molar refractivity (Wildman–Crippen MR) is 279 cm³/mol. The Morgan fingerprint density at radius 1 is 0.471 bits per heavy atom. The maximum absolute atomic E-state index is 12.8. The van der Waals surface area contributed by atoms with E-state index < -0.39 is 34.7 Å². The fourth-order valence-corrected chi connectivity index (χ4v) is 9.97. The molecule has 3 aromatic carbocycles. The lowest BCUT2D eigenvalue weighted by Crippen LogP contribution is -2.45. The normalized spacial score (nSPS) is 17.8. The van der Waals surface area contributed by atoms with Gasteiger partial charge in [0.15, 0.2) is 30.0 Å². The van der Waals surface area contributed by atoms with Crippen LogP contribution in [0.15, 0.2) is 91.0 Å². The highest BCUT2D eigenvalue weighted by Crippen LogP contribution is 2.42. The molecule has 6 rings (SSSR count). The quantitative estimate of drug-likeness (QED) is 0.0755. The number of carboxylic acids is 1. The van der Waals surface area contributed by atoms with Gasteiger partial charge >= 0.3 is 17.9 Å². The minimum absolute atomic E-state index is 0. The second-order valence-corrected chi connectivity index (χ2v) is 18.5. The van der Waals surface area contributed by atoms with E-state index in [9.17, 15) is 34.8 Å². The first-order valence-corrected chi connectivity index (χ1v) is 25.7. The molecule has 3 aliphatic carbocycles. The molecule has 3 fully saturated rings. The van der Waals surface area contributed by atoms with Gasteiger partial charge in [-0.1, -0.05) is 200 Å². The molecule has 0 spiro atoms. The maximum Gasteiger partial charge on any atom is 0.344 e. The maximum atomic E-state index is 12.8. The summed E-state index contributed by atoms with van der Waals surface area (Å²) in [5.74, 6) is 9.20. The summed E-state index contributed by atoms with van der Waals surface area (Å²) in [6, 6.07) is 27.1. The number of aliphatic hydroxyl groups is 3. The largest absolute Gasteiger partial charge is 0.479 e. The van der Waals surface area contributed by atoms with Gasteiger partial charge in [0.1, 0.15) is 0 Å². The van der Waals surface area contributed by atoms with Crippen molar-refractivity contribution in [3.05, 3.63) is 108 Å². The Morgan fingerprint density at radius 2 is 0.743 bits per heavy atom. The summed E-state index contributed by atoms with van der Waals surface area (Å²) in [5, 5.41) is 42.7.